The van der Waals surface area contributed by atoms with Crippen molar-refractivity contribution in [2.45, 2.75) is 23.0 Å². The summed E-state index contributed by atoms with van der Waals surface area (Å²) in [4.78, 5) is 4.04. The fourth-order valence-corrected chi connectivity index (χ4v) is 2.73. The van der Waals surface area contributed by atoms with Crippen LogP contribution in [0, 0.1) is 0 Å². The molecular formula is C8H10N2O2S. The number of pyridine rings is 1. The van der Waals surface area contributed by atoms with Crippen molar-refractivity contribution < 1.29 is 8.42 Å². The molecule has 0 atom stereocenters. The van der Waals surface area contributed by atoms with Gasteiger partial charge in [0.1, 0.15) is 5.82 Å². The molecule has 0 amide bonds. The van der Waals surface area contributed by atoms with Gasteiger partial charge in [0.15, 0.2) is 9.84 Å². The van der Waals surface area contributed by atoms with E-state index >= 15 is 0 Å². The van der Waals surface area contributed by atoms with Crippen LogP contribution >= 0.6 is 0 Å². The normalized spacial score (nSPS) is 17.2. The monoisotopic (exact) mass is 198 g/mol. The molecule has 4 nitrogen and oxygen atoms in total. The number of hydrogen-bond donors (Lipinski definition) is 1. The highest BCUT2D eigenvalue weighted by molar-refractivity contribution is 7.92. The Morgan fingerprint density at radius 3 is 2.54 bits per heavy atom. The predicted octanol–water partition coefficient (Wildman–Crippen LogP) is 0.600. The lowest BCUT2D eigenvalue weighted by Crippen LogP contribution is -2.07. The number of nitrogens with two attached hydrogens (primary N) is 1. The molecule has 0 bridgehead atoms. The van der Waals surface area contributed by atoms with Gasteiger partial charge < -0.3 is 5.73 Å². The Morgan fingerprint density at radius 2 is 2.08 bits per heavy atom. The van der Waals surface area contributed by atoms with Crippen LogP contribution in [0.2, 0.25) is 0 Å². The minimum absolute atomic E-state index is 0.182. The molecule has 0 unspecified atom stereocenters. The summed E-state index contributed by atoms with van der Waals surface area (Å²) in [7, 11) is -3.10. The fourth-order valence-electron chi connectivity index (χ4n) is 1.13. The predicted molar refractivity (Wildman–Crippen MR) is 48.9 cm³/mol. The summed E-state index contributed by atoms with van der Waals surface area (Å²) < 4.78 is 23.2. The van der Waals surface area contributed by atoms with E-state index in [9.17, 15) is 8.42 Å². The largest absolute Gasteiger partial charge is 0.384 e. The van der Waals surface area contributed by atoms with Crippen LogP contribution in [-0.4, -0.2) is 18.7 Å². The Labute approximate surface area is 76.7 Å². The van der Waals surface area contributed by atoms with Crippen molar-refractivity contribution in [2.24, 2.45) is 0 Å². The van der Waals surface area contributed by atoms with Crippen LogP contribution < -0.4 is 5.73 Å². The van der Waals surface area contributed by atoms with Gasteiger partial charge in [-0.15, -0.1) is 0 Å². The van der Waals surface area contributed by atoms with Crippen molar-refractivity contribution in [1.82, 2.24) is 4.98 Å². The first kappa shape index (κ1) is 8.50. The first-order valence-electron chi connectivity index (χ1n) is 4.06. The van der Waals surface area contributed by atoms with Crippen molar-refractivity contribution in [3.05, 3.63) is 18.3 Å². The van der Waals surface area contributed by atoms with Crippen LogP contribution in [-0.2, 0) is 9.84 Å². The van der Waals surface area contributed by atoms with Gasteiger partial charge in [0.05, 0.1) is 10.1 Å². The lowest BCUT2D eigenvalue weighted by molar-refractivity contribution is 0.594. The van der Waals surface area contributed by atoms with Gasteiger partial charge in [-0.3, -0.25) is 0 Å². The minimum Gasteiger partial charge on any atom is -0.384 e. The molecular weight excluding hydrogens is 188 g/mol. The number of nitrogens with zero attached hydrogens (tertiary/aromatic N) is 1. The molecule has 0 spiro atoms. The number of aromatic nitrogens is 1. The zero-order valence-corrected chi connectivity index (χ0v) is 7.79. The molecule has 0 saturated heterocycles. The lowest BCUT2D eigenvalue weighted by atomic mass is 10.5. The summed E-state index contributed by atoms with van der Waals surface area (Å²) in [5.74, 6) is 0.342. The van der Waals surface area contributed by atoms with Gasteiger partial charge in [-0.25, -0.2) is 13.4 Å². The lowest BCUT2D eigenvalue weighted by Gasteiger charge is -2.00. The second kappa shape index (κ2) is 2.70. The molecule has 0 aromatic carbocycles. The van der Waals surface area contributed by atoms with Gasteiger partial charge in [-0.1, -0.05) is 0 Å². The second-order valence-electron chi connectivity index (χ2n) is 3.16. The maximum absolute atomic E-state index is 11.6. The molecule has 1 fully saturated rings. The van der Waals surface area contributed by atoms with Crippen LogP contribution in [0.15, 0.2) is 23.2 Å². The summed E-state index contributed by atoms with van der Waals surface area (Å²) >= 11 is 0. The fraction of sp³-hybridized carbons (Fsp3) is 0.375. The maximum atomic E-state index is 11.6. The van der Waals surface area contributed by atoms with Crippen LogP contribution in [0.1, 0.15) is 12.8 Å². The Hall–Kier alpha value is -1.10. The number of hydrogen-bond acceptors (Lipinski definition) is 4. The number of sulfone groups is 1. The standard InChI is InChI=1S/C8H10N2O2S/c9-8-4-3-7(5-10-8)13(11,12)6-1-2-6/h3-6H,1-2H2,(H2,9,10). The van der Waals surface area contributed by atoms with Gasteiger partial charge in [-0.2, -0.15) is 0 Å². The molecule has 5 heteroatoms. The third kappa shape index (κ3) is 1.51. The van der Waals surface area contributed by atoms with Gasteiger partial charge in [0.25, 0.3) is 0 Å². The van der Waals surface area contributed by atoms with E-state index < -0.39 is 9.84 Å². The zero-order valence-electron chi connectivity index (χ0n) is 6.97. The van der Waals surface area contributed by atoms with E-state index in [1.54, 1.807) is 0 Å². The number of rotatable bonds is 2. The zero-order chi connectivity index (χ0) is 9.47. The first-order chi connectivity index (χ1) is 6.10. The van der Waals surface area contributed by atoms with E-state index in [-0.39, 0.29) is 10.1 Å². The molecule has 0 radical (unpaired) electrons. The topological polar surface area (TPSA) is 73.1 Å². The third-order valence-electron chi connectivity index (χ3n) is 2.05. The molecule has 2 rings (SSSR count). The molecule has 1 aromatic heterocycles. The Bertz CT molecular complexity index is 406. The van der Waals surface area contributed by atoms with Gasteiger partial charge >= 0.3 is 0 Å². The summed E-state index contributed by atoms with van der Waals surface area (Å²) in [6, 6.07) is 3.02. The average molecular weight is 198 g/mol. The summed E-state index contributed by atoms with van der Waals surface area (Å²) in [6.45, 7) is 0. The molecule has 13 heavy (non-hydrogen) atoms. The van der Waals surface area contributed by atoms with Crippen LogP contribution in [0.4, 0.5) is 5.82 Å². The van der Waals surface area contributed by atoms with Crippen molar-refractivity contribution in [1.29, 1.82) is 0 Å². The van der Waals surface area contributed by atoms with Gasteiger partial charge in [0, 0.05) is 6.20 Å². The Balaban J connectivity index is 2.40. The quantitative estimate of drug-likeness (QED) is 0.755. The van der Waals surface area contributed by atoms with E-state index in [1.807, 2.05) is 0 Å². The first-order valence-corrected chi connectivity index (χ1v) is 5.61. The highest BCUT2D eigenvalue weighted by Crippen LogP contribution is 2.33. The van der Waals surface area contributed by atoms with E-state index in [4.69, 9.17) is 5.73 Å². The second-order valence-corrected chi connectivity index (χ2v) is 5.39. The van der Waals surface area contributed by atoms with Crippen LogP contribution in [0.25, 0.3) is 0 Å². The van der Waals surface area contributed by atoms with E-state index in [2.05, 4.69) is 4.98 Å². The molecule has 1 aliphatic carbocycles. The van der Waals surface area contributed by atoms with Gasteiger partial charge in [0.2, 0.25) is 0 Å². The third-order valence-corrected chi connectivity index (χ3v) is 4.30. The van der Waals surface area contributed by atoms with E-state index in [1.165, 1.54) is 18.3 Å². The minimum atomic E-state index is -3.10. The molecule has 0 aliphatic heterocycles. The molecule has 1 saturated carbocycles. The molecule has 2 N–H and O–H groups in total. The number of anilines is 1. The van der Waals surface area contributed by atoms with Crippen molar-refractivity contribution in [3.8, 4) is 0 Å². The Kier molecular flexibility index (Phi) is 1.76. The Morgan fingerprint density at radius 1 is 1.38 bits per heavy atom. The number of nitrogen functional groups attached to an aromatic ring is 1. The molecule has 1 aliphatic rings. The summed E-state index contributed by atoms with van der Waals surface area (Å²) in [6.07, 6.45) is 2.86. The average Bonchev–Trinajstić information content (AvgIpc) is 2.87. The van der Waals surface area contributed by atoms with Crippen molar-refractivity contribution in [3.63, 3.8) is 0 Å². The molecule has 1 heterocycles. The molecule has 70 valence electrons. The summed E-state index contributed by atoms with van der Waals surface area (Å²) in [5, 5.41) is -0.182. The maximum Gasteiger partial charge on any atom is 0.182 e. The van der Waals surface area contributed by atoms with Crippen molar-refractivity contribution >= 4 is 15.7 Å². The van der Waals surface area contributed by atoms with Crippen molar-refractivity contribution in [2.75, 3.05) is 5.73 Å². The van der Waals surface area contributed by atoms with Crippen LogP contribution in [0.5, 0.6) is 0 Å². The molecule has 1 aromatic rings. The SMILES string of the molecule is Nc1ccc(S(=O)(=O)C2CC2)cn1. The van der Waals surface area contributed by atoms with Crippen LogP contribution in [0.3, 0.4) is 0 Å². The van der Waals surface area contributed by atoms with Gasteiger partial charge in [-0.05, 0) is 25.0 Å². The smallest absolute Gasteiger partial charge is 0.182 e. The summed E-state index contributed by atoms with van der Waals surface area (Å²) in [5.41, 5.74) is 5.36. The highest BCUT2D eigenvalue weighted by atomic mass is 32.2. The van der Waals surface area contributed by atoms with E-state index in [0.717, 1.165) is 12.8 Å². The highest BCUT2D eigenvalue weighted by Gasteiger charge is 2.36. The van der Waals surface area contributed by atoms with E-state index in [0.29, 0.717) is 5.82 Å².